The van der Waals surface area contributed by atoms with Gasteiger partial charge < -0.3 is 9.64 Å². The van der Waals surface area contributed by atoms with Crippen LogP contribution in [0.3, 0.4) is 0 Å². The lowest BCUT2D eigenvalue weighted by atomic mass is 10.3. The van der Waals surface area contributed by atoms with E-state index in [0.29, 0.717) is 28.9 Å². The van der Waals surface area contributed by atoms with Crippen molar-refractivity contribution in [1.82, 2.24) is 14.7 Å². The van der Waals surface area contributed by atoms with E-state index in [4.69, 9.17) is 27.9 Å². The van der Waals surface area contributed by atoms with Gasteiger partial charge in [-0.15, -0.1) is 0 Å². The van der Waals surface area contributed by atoms with Gasteiger partial charge in [-0.25, -0.2) is 0 Å². The number of rotatable bonds is 6. The summed E-state index contributed by atoms with van der Waals surface area (Å²) < 4.78 is 5.75. The summed E-state index contributed by atoms with van der Waals surface area (Å²) in [6.45, 7) is 7.66. The maximum Gasteiger partial charge on any atom is 0.236 e. The van der Waals surface area contributed by atoms with E-state index in [1.807, 2.05) is 4.90 Å². The molecule has 0 aliphatic carbocycles. The van der Waals surface area contributed by atoms with Crippen molar-refractivity contribution in [2.24, 2.45) is 0 Å². The second-order valence-corrected chi connectivity index (χ2v) is 7.47. The van der Waals surface area contributed by atoms with Crippen LogP contribution in [0, 0.1) is 0 Å². The Balaban J connectivity index is 1.34. The Bertz CT molecular complexity index is 586. The molecule has 1 aromatic rings. The van der Waals surface area contributed by atoms with Crippen LogP contribution < -0.4 is 4.74 Å². The largest absolute Gasteiger partial charge is 0.491 e. The summed E-state index contributed by atoms with van der Waals surface area (Å²) in [6, 6.07) is 5.26. The molecule has 0 spiro atoms. The molecule has 2 saturated heterocycles. The van der Waals surface area contributed by atoms with E-state index in [1.165, 1.54) is 0 Å². The molecular formula is C18H25Cl2N3O2. The molecule has 0 aromatic heterocycles. The Morgan fingerprint density at radius 3 is 2.36 bits per heavy atom. The highest BCUT2D eigenvalue weighted by molar-refractivity contribution is 6.35. The van der Waals surface area contributed by atoms with E-state index >= 15 is 0 Å². The van der Waals surface area contributed by atoms with Crippen LogP contribution in [0.25, 0.3) is 0 Å². The van der Waals surface area contributed by atoms with Gasteiger partial charge in [-0.2, -0.15) is 0 Å². The summed E-state index contributed by atoms with van der Waals surface area (Å²) in [5.74, 6) is 0.951. The van der Waals surface area contributed by atoms with Crippen molar-refractivity contribution in [3.8, 4) is 5.75 Å². The number of amides is 1. The summed E-state index contributed by atoms with van der Waals surface area (Å²) in [6.07, 6.45) is 2.30. The fourth-order valence-corrected chi connectivity index (χ4v) is 3.77. The second-order valence-electron chi connectivity index (χ2n) is 6.63. The molecule has 3 rings (SSSR count). The van der Waals surface area contributed by atoms with Crippen LogP contribution in [0.15, 0.2) is 18.2 Å². The molecule has 0 unspecified atom stereocenters. The molecule has 0 saturated carbocycles. The van der Waals surface area contributed by atoms with Crippen LogP contribution in [0.5, 0.6) is 5.75 Å². The number of piperazine rings is 1. The number of hydrogen-bond acceptors (Lipinski definition) is 4. The standard InChI is InChI=1S/C18H25Cl2N3O2/c19-15-3-4-17(16(20)13-15)25-12-11-21-7-9-22(10-8-21)14-18(24)23-5-1-2-6-23/h3-4,13H,1-2,5-12,14H2. The zero-order valence-electron chi connectivity index (χ0n) is 14.4. The van der Waals surface area contributed by atoms with Gasteiger partial charge in [0.2, 0.25) is 5.91 Å². The average molecular weight is 386 g/mol. The molecule has 2 heterocycles. The highest BCUT2D eigenvalue weighted by Gasteiger charge is 2.23. The molecule has 0 bridgehead atoms. The van der Waals surface area contributed by atoms with Gasteiger partial charge in [-0.3, -0.25) is 14.6 Å². The zero-order valence-corrected chi connectivity index (χ0v) is 15.9. The number of carbonyl (C=O) groups is 1. The number of hydrogen-bond donors (Lipinski definition) is 0. The van der Waals surface area contributed by atoms with Crippen LogP contribution >= 0.6 is 23.2 Å². The molecule has 2 fully saturated rings. The number of benzene rings is 1. The van der Waals surface area contributed by atoms with Gasteiger partial charge in [0, 0.05) is 50.8 Å². The summed E-state index contributed by atoms with van der Waals surface area (Å²) in [4.78, 5) is 18.8. The molecule has 7 heteroatoms. The first kappa shape index (κ1) is 18.8. The molecule has 2 aliphatic heterocycles. The predicted octanol–water partition coefficient (Wildman–Crippen LogP) is 2.61. The van der Waals surface area contributed by atoms with E-state index in [0.717, 1.165) is 58.7 Å². The zero-order chi connectivity index (χ0) is 17.6. The van der Waals surface area contributed by atoms with Gasteiger partial charge in [0.15, 0.2) is 0 Å². The predicted molar refractivity (Wildman–Crippen MR) is 101 cm³/mol. The van der Waals surface area contributed by atoms with E-state index in [1.54, 1.807) is 18.2 Å². The smallest absolute Gasteiger partial charge is 0.236 e. The fraction of sp³-hybridized carbons (Fsp3) is 0.611. The first-order valence-electron chi connectivity index (χ1n) is 8.92. The summed E-state index contributed by atoms with van der Waals surface area (Å²) in [7, 11) is 0. The van der Waals surface area contributed by atoms with Gasteiger partial charge in [0.25, 0.3) is 0 Å². The number of nitrogens with zero attached hydrogens (tertiary/aromatic N) is 3. The Morgan fingerprint density at radius 1 is 1.00 bits per heavy atom. The van der Waals surface area contributed by atoms with Crippen molar-refractivity contribution in [2.45, 2.75) is 12.8 Å². The molecule has 138 valence electrons. The summed E-state index contributed by atoms with van der Waals surface area (Å²) in [5, 5.41) is 1.15. The van der Waals surface area contributed by atoms with Gasteiger partial charge >= 0.3 is 0 Å². The molecule has 5 nitrogen and oxygen atoms in total. The first-order valence-corrected chi connectivity index (χ1v) is 9.68. The molecular weight excluding hydrogens is 361 g/mol. The number of carbonyl (C=O) groups excluding carboxylic acids is 1. The van der Waals surface area contributed by atoms with Crippen LogP contribution in [-0.4, -0.2) is 79.6 Å². The molecule has 1 amide bonds. The van der Waals surface area contributed by atoms with Crippen molar-refractivity contribution in [3.63, 3.8) is 0 Å². The minimum Gasteiger partial charge on any atom is -0.491 e. The highest BCUT2D eigenvalue weighted by Crippen LogP contribution is 2.27. The number of ether oxygens (including phenoxy) is 1. The van der Waals surface area contributed by atoms with E-state index in [9.17, 15) is 4.79 Å². The summed E-state index contributed by atoms with van der Waals surface area (Å²) >= 11 is 12.0. The van der Waals surface area contributed by atoms with Crippen molar-refractivity contribution < 1.29 is 9.53 Å². The van der Waals surface area contributed by atoms with Crippen LogP contribution in [0.2, 0.25) is 10.0 Å². The lowest BCUT2D eigenvalue weighted by Crippen LogP contribution is -2.50. The third-order valence-corrected chi connectivity index (χ3v) is 5.37. The van der Waals surface area contributed by atoms with E-state index in [-0.39, 0.29) is 5.91 Å². The normalized spacial score (nSPS) is 19.4. The Labute approximate surface area is 159 Å². The highest BCUT2D eigenvalue weighted by atomic mass is 35.5. The summed E-state index contributed by atoms with van der Waals surface area (Å²) in [5.41, 5.74) is 0. The monoisotopic (exact) mass is 385 g/mol. The van der Waals surface area contributed by atoms with Crippen molar-refractivity contribution >= 4 is 29.1 Å². The van der Waals surface area contributed by atoms with E-state index in [2.05, 4.69) is 9.80 Å². The van der Waals surface area contributed by atoms with Crippen molar-refractivity contribution in [3.05, 3.63) is 28.2 Å². The molecule has 0 radical (unpaired) electrons. The number of halogens is 2. The van der Waals surface area contributed by atoms with E-state index < -0.39 is 0 Å². The lowest BCUT2D eigenvalue weighted by molar-refractivity contribution is -0.131. The van der Waals surface area contributed by atoms with Gasteiger partial charge in [0.1, 0.15) is 12.4 Å². The maximum atomic E-state index is 12.2. The topological polar surface area (TPSA) is 36.0 Å². The Morgan fingerprint density at radius 2 is 1.68 bits per heavy atom. The lowest BCUT2D eigenvalue weighted by Gasteiger charge is -2.34. The Kier molecular flexibility index (Phi) is 6.82. The fourth-order valence-electron chi connectivity index (χ4n) is 3.31. The van der Waals surface area contributed by atoms with Gasteiger partial charge in [-0.1, -0.05) is 23.2 Å². The average Bonchev–Trinajstić information content (AvgIpc) is 3.13. The SMILES string of the molecule is O=C(CN1CCN(CCOc2ccc(Cl)cc2Cl)CC1)N1CCCC1. The second kappa shape index (κ2) is 9.08. The maximum absolute atomic E-state index is 12.2. The van der Waals surface area contributed by atoms with Crippen LogP contribution in [0.1, 0.15) is 12.8 Å². The van der Waals surface area contributed by atoms with Crippen molar-refractivity contribution in [2.75, 3.05) is 59.0 Å². The molecule has 1 aromatic carbocycles. The molecule has 0 atom stereocenters. The first-order chi connectivity index (χ1) is 12.1. The van der Waals surface area contributed by atoms with Gasteiger partial charge in [-0.05, 0) is 31.0 Å². The molecule has 0 N–H and O–H groups in total. The molecule has 25 heavy (non-hydrogen) atoms. The van der Waals surface area contributed by atoms with Crippen LogP contribution in [0.4, 0.5) is 0 Å². The third kappa shape index (κ3) is 5.48. The minimum atomic E-state index is 0.284. The minimum absolute atomic E-state index is 0.284. The quantitative estimate of drug-likeness (QED) is 0.753. The molecule has 2 aliphatic rings. The van der Waals surface area contributed by atoms with Crippen LogP contribution in [-0.2, 0) is 4.79 Å². The van der Waals surface area contributed by atoms with Crippen molar-refractivity contribution in [1.29, 1.82) is 0 Å². The van der Waals surface area contributed by atoms with Gasteiger partial charge in [0.05, 0.1) is 11.6 Å². The number of likely N-dealkylation sites (tertiary alicyclic amines) is 1. The third-order valence-electron chi connectivity index (χ3n) is 4.84. The Hall–Kier alpha value is -1.01.